The van der Waals surface area contributed by atoms with Crippen molar-refractivity contribution < 1.29 is 27.5 Å². The average Bonchev–Trinajstić information content (AvgIpc) is 3.15. The summed E-state index contributed by atoms with van der Waals surface area (Å²) in [6.45, 7) is 7.59. The zero-order valence-electron chi connectivity index (χ0n) is 17.0. The number of benzene rings is 1. The highest BCUT2D eigenvalue weighted by Crippen LogP contribution is 2.21. The van der Waals surface area contributed by atoms with Gasteiger partial charge < -0.3 is 10.1 Å². The standard InChI is InChI=1S/C19H27N3O6S/c1-13(16(23)20-18(25)21-19(2,3)4)28-17(24)14-7-9-15(10-8-14)29(26,27)22-11-5-6-12-22/h7-10,13H,5-6,11-12H2,1-4H3,(H2,20,21,23,25). The Morgan fingerprint density at radius 1 is 1.07 bits per heavy atom. The molecule has 0 radical (unpaired) electrons. The van der Waals surface area contributed by atoms with Crippen LogP contribution in [-0.2, 0) is 19.6 Å². The van der Waals surface area contributed by atoms with Crippen LogP contribution in [0, 0.1) is 0 Å². The fourth-order valence-electron chi connectivity index (χ4n) is 2.71. The molecule has 0 aliphatic carbocycles. The van der Waals surface area contributed by atoms with Crippen LogP contribution in [0.2, 0.25) is 0 Å². The molecule has 10 heteroatoms. The van der Waals surface area contributed by atoms with E-state index in [1.165, 1.54) is 35.5 Å². The third-order valence-corrected chi connectivity index (χ3v) is 6.08. The maximum atomic E-state index is 12.5. The SMILES string of the molecule is CC(OC(=O)c1ccc(S(=O)(=O)N2CCCC2)cc1)C(=O)NC(=O)NC(C)(C)C. The molecule has 0 aromatic heterocycles. The highest BCUT2D eigenvalue weighted by Gasteiger charge is 2.28. The first-order valence-corrected chi connectivity index (χ1v) is 10.8. The molecule has 29 heavy (non-hydrogen) atoms. The Kier molecular flexibility index (Phi) is 7.02. The fourth-order valence-corrected chi connectivity index (χ4v) is 4.23. The number of hydrogen-bond acceptors (Lipinski definition) is 6. The normalized spacial score (nSPS) is 16.1. The van der Waals surface area contributed by atoms with Crippen LogP contribution in [0.25, 0.3) is 0 Å². The summed E-state index contributed by atoms with van der Waals surface area (Å²) in [6, 6.07) is 4.66. The molecule has 1 aromatic rings. The molecule has 1 heterocycles. The number of nitrogens with zero attached hydrogens (tertiary/aromatic N) is 1. The molecule has 1 unspecified atom stereocenters. The number of ether oxygens (including phenoxy) is 1. The van der Waals surface area contributed by atoms with Crippen molar-refractivity contribution in [1.82, 2.24) is 14.9 Å². The average molecular weight is 426 g/mol. The predicted octanol–water partition coefficient (Wildman–Crippen LogP) is 1.64. The van der Waals surface area contributed by atoms with E-state index in [0.717, 1.165) is 12.8 Å². The number of hydrogen-bond donors (Lipinski definition) is 2. The number of esters is 1. The summed E-state index contributed by atoms with van der Waals surface area (Å²) in [5.41, 5.74) is -0.425. The number of carbonyl (C=O) groups excluding carboxylic acids is 3. The number of amides is 3. The lowest BCUT2D eigenvalue weighted by molar-refractivity contribution is -0.127. The first-order valence-electron chi connectivity index (χ1n) is 9.34. The zero-order valence-corrected chi connectivity index (χ0v) is 17.8. The van der Waals surface area contributed by atoms with Gasteiger partial charge in [0.15, 0.2) is 6.10 Å². The Morgan fingerprint density at radius 2 is 1.62 bits per heavy atom. The summed E-state index contributed by atoms with van der Waals surface area (Å²) in [4.78, 5) is 36.1. The van der Waals surface area contributed by atoms with Crippen molar-refractivity contribution in [2.45, 2.75) is 57.1 Å². The molecule has 1 aliphatic heterocycles. The molecule has 2 rings (SSSR count). The third kappa shape index (κ3) is 6.26. The van der Waals surface area contributed by atoms with Gasteiger partial charge >= 0.3 is 12.0 Å². The van der Waals surface area contributed by atoms with Crippen LogP contribution in [0.15, 0.2) is 29.2 Å². The Bertz CT molecular complexity index is 868. The van der Waals surface area contributed by atoms with Crippen molar-refractivity contribution in [3.63, 3.8) is 0 Å². The van der Waals surface area contributed by atoms with Gasteiger partial charge in [0.25, 0.3) is 5.91 Å². The van der Waals surface area contributed by atoms with Gasteiger partial charge in [-0.3, -0.25) is 10.1 Å². The summed E-state index contributed by atoms with van der Waals surface area (Å²) in [7, 11) is -3.57. The largest absolute Gasteiger partial charge is 0.449 e. The lowest BCUT2D eigenvalue weighted by Crippen LogP contribution is -2.50. The van der Waals surface area contributed by atoms with E-state index < -0.39 is 39.6 Å². The van der Waals surface area contributed by atoms with Gasteiger partial charge in [-0.2, -0.15) is 4.31 Å². The molecule has 1 atom stereocenters. The quantitative estimate of drug-likeness (QED) is 0.692. The fraction of sp³-hybridized carbons (Fsp3) is 0.526. The number of imide groups is 1. The van der Waals surface area contributed by atoms with Crippen molar-refractivity contribution >= 4 is 27.9 Å². The molecule has 1 aromatic carbocycles. The van der Waals surface area contributed by atoms with Crippen molar-refractivity contribution in [1.29, 1.82) is 0 Å². The van der Waals surface area contributed by atoms with E-state index in [9.17, 15) is 22.8 Å². The lowest BCUT2D eigenvalue weighted by atomic mass is 10.1. The second-order valence-corrected chi connectivity index (χ2v) is 9.81. The molecule has 2 N–H and O–H groups in total. The number of nitrogens with one attached hydrogen (secondary N) is 2. The second kappa shape index (κ2) is 8.91. The van der Waals surface area contributed by atoms with E-state index in [2.05, 4.69) is 10.6 Å². The van der Waals surface area contributed by atoms with Crippen LogP contribution in [0.3, 0.4) is 0 Å². The summed E-state index contributed by atoms with van der Waals surface area (Å²) in [5, 5.41) is 4.66. The monoisotopic (exact) mass is 425 g/mol. The number of urea groups is 1. The van der Waals surface area contributed by atoms with Crippen molar-refractivity contribution in [2.75, 3.05) is 13.1 Å². The smallest absolute Gasteiger partial charge is 0.338 e. The van der Waals surface area contributed by atoms with Gasteiger partial charge in [0.05, 0.1) is 10.5 Å². The van der Waals surface area contributed by atoms with Crippen molar-refractivity contribution in [3.8, 4) is 0 Å². The molecule has 9 nitrogen and oxygen atoms in total. The topological polar surface area (TPSA) is 122 Å². The van der Waals surface area contributed by atoms with E-state index >= 15 is 0 Å². The van der Waals surface area contributed by atoms with Gasteiger partial charge in [0, 0.05) is 18.6 Å². The highest BCUT2D eigenvalue weighted by atomic mass is 32.2. The van der Waals surface area contributed by atoms with Gasteiger partial charge in [0.2, 0.25) is 10.0 Å². The minimum absolute atomic E-state index is 0.0978. The first-order chi connectivity index (χ1) is 13.4. The number of rotatable bonds is 5. The molecule has 0 bridgehead atoms. The Balaban J connectivity index is 1.96. The van der Waals surface area contributed by atoms with E-state index in [0.29, 0.717) is 13.1 Å². The first kappa shape index (κ1) is 22.8. The van der Waals surface area contributed by atoms with E-state index in [-0.39, 0.29) is 10.5 Å². The predicted molar refractivity (Wildman–Crippen MR) is 106 cm³/mol. The molecule has 0 saturated carbocycles. The van der Waals surface area contributed by atoms with Crippen molar-refractivity contribution in [2.24, 2.45) is 0 Å². The van der Waals surface area contributed by atoms with Crippen LogP contribution in [0.1, 0.15) is 50.9 Å². The molecule has 1 fully saturated rings. The highest BCUT2D eigenvalue weighted by molar-refractivity contribution is 7.89. The Hall–Kier alpha value is -2.46. The van der Waals surface area contributed by atoms with E-state index in [1.54, 1.807) is 20.8 Å². The summed E-state index contributed by atoms with van der Waals surface area (Å²) in [6.07, 6.45) is 0.454. The van der Waals surface area contributed by atoms with Crippen molar-refractivity contribution in [3.05, 3.63) is 29.8 Å². The lowest BCUT2D eigenvalue weighted by Gasteiger charge is -2.21. The summed E-state index contributed by atoms with van der Waals surface area (Å²) >= 11 is 0. The minimum atomic E-state index is -3.57. The molecular formula is C19H27N3O6S. The van der Waals surface area contributed by atoms with Gasteiger partial charge in [-0.1, -0.05) is 0 Å². The van der Waals surface area contributed by atoms with Gasteiger partial charge in [0.1, 0.15) is 0 Å². The summed E-state index contributed by atoms with van der Waals surface area (Å²) in [5.74, 6) is -1.57. The second-order valence-electron chi connectivity index (χ2n) is 7.88. The molecule has 1 aliphatic rings. The Labute approximate surface area is 170 Å². The maximum Gasteiger partial charge on any atom is 0.338 e. The Morgan fingerprint density at radius 3 is 2.14 bits per heavy atom. The van der Waals surface area contributed by atoms with E-state index in [1.807, 2.05) is 0 Å². The molecule has 1 saturated heterocycles. The van der Waals surface area contributed by atoms with Crippen LogP contribution in [0.5, 0.6) is 0 Å². The molecular weight excluding hydrogens is 398 g/mol. The zero-order chi connectivity index (χ0) is 21.8. The minimum Gasteiger partial charge on any atom is -0.449 e. The third-order valence-electron chi connectivity index (χ3n) is 4.17. The molecule has 0 spiro atoms. The van der Waals surface area contributed by atoms with Gasteiger partial charge in [-0.25, -0.2) is 18.0 Å². The molecule has 3 amide bonds. The number of sulfonamides is 1. The van der Waals surface area contributed by atoms with Crippen LogP contribution in [-0.4, -0.2) is 55.4 Å². The van der Waals surface area contributed by atoms with Crippen LogP contribution in [0.4, 0.5) is 4.79 Å². The maximum absolute atomic E-state index is 12.5. The van der Waals surface area contributed by atoms with Crippen LogP contribution >= 0.6 is 0 Å². The van der Waals surface area contributed by atoms with Gasteiger partial charge in [-0.05, 0) is 64.8 Å². The molecule has 160 valence electrons. The van der Waals surface area contributed by atoms with Crippen LogP contribution < -0.4 is 10.6 Å². The van der Waals surface area contributed by atoms with Gasteiger partial charge in [-0.15, -0.1) is 0 Å². The van der Waals surface area contributed by atoms with E-state index in [4.69, 9.17) is 4.74 Å². The number of carbonyl (C=O) groups is 3. The summed E-state index contributed by atoms with van der Waals surface area (Å²) < 4.78 is 31.5.